The van der Waals surface area contributed by atoms with Gasteiger partial charge in [-0.1, -0.05) is 74.0 Å². The molecule has 4 rings (SSSR count). The van der Waals surface area contributed by atoms with Crippen LogP contribution in [0.2, 0.25) is 0 Å². The first-order valence-corrected chi connectivity index (χ1v) is 12.5. The summed E-state index contributed by atoms with van der Waals surface area (Å²) in [4.78, 5) is 21.0. The van der Waals surface area contributed by atoms with Crippen molar-refractivity contribution in [3.8, 4) is 0 Å². The number of para-hydroxylation sites is 1. The van der Waals surface area contributed by atoms with Crippen molar-refractivity contribution in [2.24, 2.45) is 11.7 Å². The van der Waals surface area contributed by atoms with Gasteiger partial charge >= 0.3 is 0 Å². The molecule has 1 unspecified atom stereocenters. The van der Waals surface area contributed by atoms with E-state index in [1.807, 2.05) is 42.2 Å². The number of benzene rings is 3. The summed E-state index contributed by atoms with van der Waals surface area (Å²) in [5.41, 5.74) is 12.2. The maximum atomic E-state index is 13.9. The van der Waals surface area contributed by atoms with Crippen molar-refractivity contribution in [2.75, 3.05) is 13.1 Å². The second kappa shape index (κ2) is 10.9. The van der Waals surface area contributed by atoms with Crippen LogP contribution in [0.1, 0.15) is 59.2 Å². The normalized spacial score (nSPS) is 12.3. The van der Waals surface area contributed by atoms with E-state index in [1.165, 1.54) is 11.1 Å². The van der Waals surface area contributed by atoms with Gasteiger partial charge in [-0.05, 0) is 62.1 Å². The van der Waals surface area contributed by atoms with E-state index in [0.717, 1.165) is 28.8 Å². The molecule has 4 aromatic rings. The summed E-state index contributed by atoms with van der Waals surface area (Å²) in [6.07, 6.45) is 0.735. The van der Waals surface area contributed by atoms with E-state index in [4.69, 9.17) is 10.7 Å². The molecule has 0 spiro atoms. The maximum Gasteiger partial charge on any atom is 0.254 e. The van der Waals surface area contributed by atoms with Gasteiger partial charge in [0.2, 0.25) is 0 Å². The smallest absolute Gasteiger partial charge is 0.254 e. The van der Waals surface area contributed by atoms with Gasteiger partial charge in [-0.3, -0.25) is 4.79 Å². The molecule has 0 saturated heterocycles. The first kappa shape index (κ1) is 24.7. The molecule has 1 amide bonds. The lowest BCUT2D eigenvalue weighted by atomic mass is 9.99. The van der Waals surface area contributed by atoms with Gasteiger partial charge in [0.15, 0.2) is 0 Å². The zero-order valence-corrected chi connectivity index (χ0v) is 21.2. The summed E-state index contributed by atoms with van der Waals surface area (Å²) in [6.45, 7) is 10.3. The Labute approximate surface area is 208 Å². The predicted octanol–water partition coefficient (Wildman–Crippen LogP) is 5.89. The maximum absolute atomic E-state index is 13.9. The molecule has 0 radical (unpaired) electrons. The molecule has 0 aliphatic carbocycles. The number of aromatic nitrogens is 2. The zero-order chi connectivity index (χ0) is 24.9. The molecule has 5 nitrogen and oxygen atoms in total. The lowest BCUT2D eigenvalue weighted by molar-refractivity contribution is 0.0605. The third kappa shape index (κ3) is 5.30. The van der Waals surface area contributed by atoms with Crippen molar-refractivity contribution < 1.29 is 4.79 Å². The number of aryl methyl sites for hydroxylation is 2. The number of nitrogens with two attached hydrogens (primary N) is 1. The topological polar surface area (TPSA) is 64.2 Å². The number of nitrogens with zero attached hydrogens (tertiary/aromatic N) is 3. The second-order valence-electron chi connectivity index (χ2n) is 9.68. The Hall–Kier alpha value is -3.44. The Bertz CT molecular complexity index is 1280. The first-order valence-electron chi connectivity index (χ1n) is 12.5. The number of imidazole rings is 1. The third-order valence-corrected chi connectivity index (χ3v) is 6.58. The highest BCUT2D eigenvalue weighted by Gasteiger charge is 2.33. The van der Waals surface area contributed by atoms with Gasteiger partial charge in [-0.15, -0.1) is 0 Å². The van der Waals surface area contributed by atoms with Crippen molar-refractivity contribution in [1.29, 1.82) is 0 Å². The van der Waals surface area contributed by atoms with Gasteiger partial charge in [-0.25, -0.2) is 4.98 Å². The van der Waals surface area contributed by atoms with Crippen molar-refractivity contribution in [3.63, 3.8) is 0 Å². The minimum Gasteiger partial charge on any atom is -0.330 e. The lowest BCUT2D eigenvalue weighted by Gasteiger charge is -2.35. The highest BCUT2D eigenvalue weighted by Crippen LogP contribution is 2.34. The van der Waals surface area contributed by atoms with Crippen LogP contribution in [0.15, 0.2) is 72.8 Å². The van der Waals surface area contributed by atoms with Gasteiger partial charge in [-0.2, -0.15) is 0 Å². The molecule has 0 aliphatic heterocycles. The molecule has 1 aromatic heterocycles. The van der Waals surface area contributed by atoms with Gasteiger partial charge in [0.1, 0.15) is 5.82 Å². The molecule has 5 heteroatoms. The Balaban J connectivity index is 1.87. The minimum atomic E-state index is -0.189. The number of hydrogen-bond acceptors (Lipinski definition) is 3. The van der Waals surface area contributed by atoms with Crippen molar-refractivity contribution in [1.82, 2.24) is 14.5 Å². The standard InChI is InChI=1S/C30H36N4O/c1-21(2)27(33(19-9-18-31)30(35)25-16-14-22(3)15-17-25)29-32-26-13-8-10-23(4)28(26)34(29)20-24-11-6-5-7-12-24/h5-8,10-17,21,27H,9,18-20,31H2,1-4H3. The van der Waals surface area contributed by atoms with E-state index in [1.54, 1.807) is 0 Å². The van der Waals surface area contributed by atoms with E-state index in [2.05, 4.69) is 67.8 Å². The Morgan fingerprint density at radius 3 is 2.34 bits per heavy atom. The van der Waals surface area contributed by atoms with E-state index in [-0.39, 0.29) is 17.9 Å². The molecule has 0 saturated carbocycles. The zero-order valence-electron chi connectivity index (χ0n) is 21.2. The fourth-order valence-corrected chi connectivity index (χ4v) is 4.82. The minimum absolute atomic E-state index is 0.0205. The van der Waals surface area contributed by atoms with Crippen LogP contribution >= 0.6 is 0 Å². The lowest BCUT2D eigenvalue weighted by Crippen LogP contribution is -2.40. The van der Waals surface area contributed by atoms with Crippen LogP contribution < -0.4 is 5.73 Å². The number of fused-ring (bicyclic) bond motifs is 1. The van der Waals surface area contributed by atoms with E-state index in [0.29, 0.717) is 25.2 Å². The van der Waals surface area contributed by atoms with Crippen molar-refractivity contribution in [3.05, 3.63) is 101 Å². The fraction of sp³-hybridized carbons (Fsp3) is 0.333. The van der Waals surface area contributed by atoms with Crippen molar-refractivity contribution in [2.45, 2.75) is 46.7 Å². The van der Waals surface area contributed by atoms with E-state index < -0.39 is 0 Å². The average Bonchev–Trinajstić information content (AvgIpc) is 3.21. The van der Waals surface area contributed by atoms with Crippen LogP contribution in [0.3, 0.4) is 0 Å². The molecule has 182 valence electrons. The fourth-order valence-electron chi connectivity index (χ4n) is 4.82. The van der Waals surface area contributed by atoms with Crippen molar-refractivity contribution >= 4 is 16.9 Å². The summed E-state index contributed by atoms with van der Waals surface area (Å²) in [5.74, 6) is 1.10. The molecule has 0 bridgehead atoms. The summed E-state index contributed by atoms with van der Waals surface area (Å²) >= 11 is 0. The van der Waals surface area contributed by atoms with Gasteiger partial charge < -0.3 is 15.2 Å². The Morgan fingerprint density at radius 1 is 0.971 bits per heavy atom. The SMILES string of the molecule is Cc1ccc(C(=O)N(CCCN)C(c2nc3cccc(C)c3n2Cc2ccccc2)C(C)C)cc1. The number of carbonyl (C=O) groups is 1. The largest absolute Gasteiger partial charge is 0.330 e. The van der Waals surface area contributed by atoms with Crippen LogP contribution in [0, 0.1) is 19.8 Å². The van der Waals surface area contributed by atoms with Gasteiger partial charge in [0.05, 0.1) is 17.1 Å². The van der Waals surface area contributed by atoms with E-state index in [9.17, 15) is 4.79 Å². The molecule has 2 N–H and O–H groups in total. The van der Waals surface area contributed by atoms with E-state index >= 15 is 0 Å². The van der Waals surface area contributed by atoms with Crippen LogP contribution in [-0.2, 0) is 6.54 Å². The molecular weight excluding hydrogens is 432 g/mol. The molecule has 0 fully saturated rings. The Morgan fingerprint density at radius 2 is 1.69 bits per heavy atom. The highest BCUT2D eigenvalue weighted by molar-refractivity contribution is 5.94. The molecular formula is C30H36N4O. The summed E-state index contributed by atoms with van der Waals surface area (Å²) in [6, 6.07) is 24.3. The summed E-state index contributed by atoms with van der Waals surface area (Å²) < 4.78 is 2.31. The number of carbonyl (C=O) groups excluding carboxylic acids is 1. The molecule has 1 heterocycles. The predicted molar refractivity (Wildman–Crippen MR) is 143 cm³/mol. The molecule has 35 heavy (non-hydrogen) atoms. The molecule has 1 atom stereocenters. The Kier molecular flexibility index (Phi) is 7.67. The van der Waals surface area contributed by atoms with Gasteiger partial charge in [0.25, 0.3) is 5.91 Å². The first-order chi connectivity index (χ1) is 16.9. The van der Waals surface area contributed by atoms with Crippen LogP contribution in [-0.4, -0.2) is 33.4 Å². The quantitative estimate of drug-likeness (QED) is 0.333. The summed E-state index contributed by atoms with van der Waals surface area (Å²) in [5, 5.41) is 0. The third-order valence-electron chi connectivity index (χ3n) is 6.58. The summed E-state index contributed by atoms with van der Waals surface area (Å²) in [7, 11) is 0. The van der Waals surface area contributed by atoms with Crippen LogP contribution in [0.4, 0.5) is 0 Å². The molecule has 0 aliphatic rings. The molecule has 3 aromatic carbocycles. The monoisotopic (exact) mass is 468 g/mol. The van der Waals surface area contributed by atoms with Crippen LogP contribution in [0.25, 0.3) is 11.0 Å². The van der Waals surface area contributed by atoms with Crippen LogP contribution in [0.5, 0.6) is 0 Å². The number of hydrogen-bond donors (Lipinski definition) is 1. The highest BCUT2D eigenvalue weighted by atomic mass is 16.2. The number of rotatable bonds is 9. The van der Waals surface area contributed by atoms with Gasteiger partial charge in [0, 0.05) is 18.7 Å². The number of amides is 1. The average molecular weight is 469 g/mol. The second-order valence-corrected chi connectivity index (χ2v) is 9.68.